The third-order valence-corrected chi connectivity index (χ3v) is 3.11. The zero-order chi connectivity index (χ0) is 11.2. The van der Waals surface area contributed by atoms with E-state index < -0.39 is 0 Å². The number of nitrogens with zero attached hydrogens (tertiary/aromatic N) is 1. The van der Waals surface area contributed by atoms with E-state index in [4.69, 9.17) is 5.26 Å². The summed E-state index contributed by atoms with van der Waals surface area (Å²) in [5.74, 6) is 6.86. The summed E-state index contributed by atoms with van der Waals surface area (Å²) in [6.07, 6.45) is 4.50. The minimum absolute atomic E-state index is 0.143. The summed E-state index contributed by atoms with van der Waals surface area (Å²) < 4.78 is 0. The van der Waals surface area contributed by atoms with Crippen LogP contribution in [0.25, 0.3) is 0 Å². The Bertz CT molecular complexity index is 430. The lowest BCUT2D eigenvalue weighted by Crippen LogP contribution is -2.16. The molecule has 1 saturated carbocycles. The molecule has 0 spiro atoms. The minimum Gasteiger partial charge on any atom is -0.198 e. The minimum atomic E-state index is 0.143. The summed E-state index contributed by atoms with van der Waals surface area (Å²) >= 11 is 0. The van der Waals surface area contributed by atoms with Gasteiger partial charge in [-0.05, 0) is 25.0 Å². The van der Waals surface area contributed by atoms with Gasteiger partial charge < -0.3 is 0 Å². The Kier molecular flexibility index (Phi) is 3.62. The molecule has 0 saturated heterocycles. The van der Waals surface area contributed by atoms with Gasteiger partial charge in [0.25, 0.3) is 0 Å². The van der Waals surface area contributed by atoms with E-state index in [0.717, 1.165) is 18.4 Å². The molecule has 16 heavy (non-hydrogen) atoms. The molecule has 1 fully saturated rings. The number of hydrogen-bond acceptors (Lipinski definition) is 1. The Balaban J connectivity index is 2.09. The van der Waals surface area contributed by atoms with Crippen molar-refractivity contribution in [3.8, 4) is 17.9 Å². The topological polar surface area (TPSA) is 23.8 Å². The first kappa shape index (κ1) is 10.8. The van der Waals surface area contributed by atoms with Gasteiger partial charge in [-0.1, -0.05) is 42.9 Å². The Morgan fingerprint density at radius 3 is 2.38 bits per heavy atom. The number of rotatable bonds is 0. The smallest absolute Gasteiger partial charge is 0.0668 e. The molecule has 0 N–H and O–H groups in total. The zero-order valence-electron chi connectivity index (χ0n) is 9.32. The molecule has 1 heteroatoms. The van der Waals surface area contributed by atoms with Crippen LogP contribution in [0.2, 0.25) is 0 Å². The van der Waals surface area contributed by atoms with Crippen molar-refractivity contribution >= 4 is 0 Å². The van der Waals surface area contributed by atoms with Gasteiger partial charge in [-0.15, -0.1) is 0 Å². The highest BCUT2D eigenvalue weighted by molar-refractivity contribution is 5.34. The monoisotopic (exact) mass is 209 g/mol. The Hall–Kier alpha value is -1.73. The molecule has 2 unspecified atom stereocenters. The van der Waals surface area contributed by atoms with Gasteiger partial charge in [0.15, 0.2) is 0 Å². The Morgan fingerprint density at radius 2 is 1.69 bits per heavy atom. The van der Waals surface area contributed by atoms with Crippen LogP contribution in [0.5, 0.6) is 0 Å². The van der Waals surface area contributed by atoms with Crippen LogP contribution in [0, 0.1) is 35.0 Å². The predicted octanol–water partition coefficient (Wildman–Crippen LogP) is 3.37. The quantitative estimate of drug-likeness (QED) is 0.601. The molecule has 1 nitrogen and oxygen atoms in total. The zero-order valence-corrected chi connectivity index (χ0v) is 9.32. The summed E-state index contributed by atoms with van der Waals surface area (Å²) in [6, 6.07) is 12.4. The second-order valence-electron chi connectivity index (χ2n) is 4.26. The fourth-order valence-corrected chi connectivity index (χ4v) is 2.16. The maximum Gasteiger partial charge on any atom is 0.0668 e. The van der Waals surface area contributed by atoms with Crippen molar-refractivity contribution in [2.45, 2.75) is 25.7 Å². The van der Waals surface area contributed by atoms with Crippen LogP contribution >= 0.6 is 0 Å². The normalized spacial score (nSPS) is 23.9. The molecule has 2 rings (SSSR count). The largest absolute Gasteiger partial charge is 0.198 e. The molecule has 0 radical (unpaired) electrons. The van der Waals surface area contributed by atoms with E-state index in [1.807, 2.05) is 30.3 Å². The van der Waals surface area contributed by atoms with E-state index in [9.17, 15) is 0 Å². The summed E-state index contributed by atoms with van der Waals surface area (Å²) in [5.41, 5.74) is 1.05. The van der Waals surface area contributed by atoms with Crippen LogP contribution in [0.4, 0.5) is 0 Å². The molecule has 0 heterocycles. The van der Waals surface area contributed by atoms with E-state index in [-0.39, 0.29) is 11.8 Å². The fraction of sp³-hybridized carbons (Fsp3) is 0.400. The summed E-state index contributed by atoms with van der Waals surface area (Å²) in [5, 5.41) is 9.04. The molecule has 0 bridgehead atoms. The molecule has 1 aromatic rings. The van der Waals surface area contributed by atoms with Gasteiger partial charge in [0.05, 0.1) is 12.0 Å². The lowest BCUT2D eigenvalue weighted by atomic mass is 9.80. The molecule has 1 aliphatic rings. The van der Waals surface area contributed by atoms with Crippen LogP contribution in [-0.2, 0) is 0 Å². The van der Waals surface area contributed by atoms with Crippen molar-refractivity contribution in [3.05, 3.63) is 35.9 Å². The van der Waals surface area contributed by atoms with Gasteiger partial charge >= 0.3 is 0 Å². The van der Waals surface area contributed by atoms with Crippen molar-refractivity contribution < 1.29 is 0 Å². The van der Waals surface area contributed by atoms with Crippen molar-refractivity contribution in [2.75, 3.05) is 0 Å². The molecular weight excluding hydrogens is 194 g/mol. The Morgan fingerprint density at radius 1 is 1.00 bits per heavy atom. The van der Waals surface area contributed by atoms with Gasteiger partial charge in [0, 0.05) is 11.5 Å². The summed E-state index contributed by atoms with van der Waals surface area (Å²) in [7, 11) is 0. The molecule has 80 valence electrons. The fourth-order valence-electron chi connectivity index (χ4n) is 2.16. The second-order valence-corrected chi connectivity index (χ2v) is 4.26. The highest BCUT2D eigenvalue weighted by atomic mass is 14.3. The van der Waals surface area contributed by atoms with Gasteiger partial charge in [0.2, 0.25) is 0 Å². The molecular formula is C15H15N. The lowest BCUT2D eigenvalue weighted by Gasteiger charge is -2.21. The molecule has 2 atom stereocenters. The molecule has 1 aliphatic carbocycles. The van der Waals surface area contributed by atoms with Crippen LogP contribution in [0.1, 0.15) is 31.2 Å². The Labute approximate surface area is 97.1 Å². The van der Waals surface area contributed by atoms with Crippen LogP contribution in [0.15, 0.2) is 30.3 Å². The first-order chi connectivity index (χ1) is 7.90. The highest BCUT2D eigenvalue weighted by Crippen LogP contribution is 2.28. The number of benzene rings is 1. The molecule has 0 aliphatic heterocycles. The summed E-state index contributed by atoms with van der Waals surface area (Å²) in [4.78, 5) is 0. The maximum absolute atomic E-state index is 9.04. The molecule has 0 aromatic heterocycles. The van der Waals surface area contributed by atoms with E-state index >= 15 is 0 Å². The van der Waals surface area contributed by atoms with Crippen LogP contribution in [0.3, 0.4) is 0 Å². The summed E-state index contributed by atoms with van der Waals surface area (Å²) in [6.45, 7) is 0. The maximum atomic E-state index is 9.04. The lowest BCUT2D eigenvalue weighted by molar-refractivity contribution is 0.355. The number of hydrogen-bond donors (Lipinski definition) is 0. The third-order valence-electron chi connectivity index (χ3n) is 3.11. The number of nitriles is 1. The van der Waals surface area contributed by atoms with Crippen molar-refractivity contribution in [3.63, 3.8) is 0 Å². The molecule has 1 aromatic carbocycles. The van der Waals surface area contributed by atoms with E-state index in [1.165, 1.54) is 12.8 Å². The average molecular weight is 209 g/mol. The first-order valence-corrected chi connectivity index (χ1v) is 5.86. The first-order valence-electron chi connectivity index (χ1n) is 5.86. The van der Waals surface area contributed by atoms with E-state index in [0.29, 0.717) is 0 Å². The van der Waals surface area contributed by atoms with Crippen molar-refractivity contribution in [1.29, 1.82) is 5.26 Å². The average Bonchev–Trinajstić information content (AvgIpc) is 2.38. The molecule has 0 amide bonds. The van der Waals surface area contributed by atoms with Gasteiger partial charge in [-0.2, -0.15) is 5.26 Å². The van der Waals surface area contributed by atoms with Gasteiger partial charge in [-0.3, -0.25) is 0 Å². The van der Waals surface area contributed by atoms with Crippen molar-refractivity contribution in [1.82, 2.24) is 0 Å². The third kappa shape index (κ3) is 2.65. The SMILES string of the molecule is N#CC1CCCCC1C#Cc1ccccc1. The van der Waals surface area contributed by atoms with E-state index in [2.05, 4.69) is 17.9 Å². The standard InChI is InChI=1S/C15H15N/c16-12-15-9-5-4-8-14(15)11-10-13-6-2-1-3-7-13/h1-3,6-7,14-15H,4-5,8-9H2. The highest BCUT2D eigenvalue weighted by Gasteiger charge is 2.22. The van der Waals surface area contributed by atoms with Gasteiger partial charge in [-0.25, -0.2) is 0 Å². The van der Waals surface area contributed by atoms with Crippen molar-refractivity contribution in [2.24, 2.45) is 11.8 Å². The predicted molar refractivity (Wildman–Crippen MR) is 64.4 cm³/mol. The van der Waals surface area contributed by atoms with E-state index in [1.54, 1.807) is 0 Å². The van der Waals surface area contributed by atoms with Crippen LogP contribution < -0.4 is 0 Å². The second kappa shape index (κ2) is 5.38. The van der Waals surface area contributed by atoms with Crippen LogP contribution in [-0.4, -0.2) is 0 Å². The van der Waals surface area contributed by atoms with Gasteiger partial charge in [0.1, 0.15) is 0 Å².